The molecule has 3 rings (SSSR count). The lowest BCUT2D eigenvalue weighted by molar-refractivity contribution is -0.160. The van der Waals surface area contributed by atoms with Crippen LogP contribution in [0.4, 0.5) is 0 Å². The van der Waals surface area contributed by atoms with Crippen LogP contribution in [0.25, 0.3) is 11.1 Å². The number of benzene rings is 3. The van der Waals surface area contributed by atoms with E-state index in [2.05, 4.69) is 31.2 Å². The molecule has 0 aliphatic carbocycles. The van der Waals surface area contributed by atoms with Crippen molar-refractivity contribution >= 4 is 17.9 Å². The van der Waals surface area contributed by atoms with E-state index in [0.717, 1.165) is 30.4 Å². The summed E-state index contributed by atoms with van der Waals surface area (Å²) in [4.78, 5) is 37.1. The number of methoxy groups -OCH3 is 1. The Morgan fingerprint density at radius 3 is 1.89 bits per heavy atom. The number of rotatable bonds is 11. The van der Waals surface area contributed by atoms with Crippen LogP contribution in [0.5, 0.6) is 5.75 Å². The molecule has 3 aromatic carbocycles. The Labute approximate surface area is 212 Å². The molecular weight excluding hydrogens is 456 g/mol. The van der Waals surface area contributed by atoms with E-state index in [1.54, 1.807) is 36.4 Å². The Morgan fingerprint density at radius 2 is 1.33 bits per heavy atom. The molecule has 0 bridgehead atoms. The van der Waals surface area contributed by atoms with Crippen LogP contribution in [0.3, 0.4) is 0 Å². The van der Waals surface area contributed by atoms with E-state index in [0.29, 0.717) is 16.9 Å². The number of ether oxygens (including phenoxy) is 3. The summed E-state index contributed by atoms with van der Waals surface area (Å²) in [6.45, 7) is 4.37. The number of hydrogen-bond acceptors (Lipinski definition) is 6. The Morgan fingerprint density at radius 1 is 0.750 bits per heavy atom. The molecule has 0 spiro atoms. The molecule has 0 radical (unpaired) electrons. The highest BCUT2D eigenvalue weighted by atomic mass is 16.5. The molecule has 6 nitrogen and oxygen atoms in total. The van der Waals surface area contributed by atoms with Crippen molar-refractivity contribution < 1.29 is 28.6 Å². The Hall–Kier alpha value is -3.93. The van der Waals surface area contributed by atoms with E-state index < -0.39 is 23.8 Å². The second-order valence-electron chi connectivity index (χ2n) is 8.46. The monoisotopic (exact) mass is 488 g/mol. The molecule has 188 valence electrons. The van der Waals surface area contributed by atoms with Gasteiger partial charge in [0, 0.05) is 0 Å². The third kappa shape index (κ3) is 7.28. The Kier molecular flexibility index (Phi) is 9.81. The molecule has 1 atom stereocenters. The van der Waals surface area contributed by atoms with Crippen LogP contribution < -0.4 is 4.74 Å². The third-order valence-corrected chi connectivity index (χ3v) is 5.90. The fraction of sp³-hybridized carbons (Fsp3) is 0.300. The van der Waals surface area contributed by atoms with Crippen molar-refractivity contribution in [2.75, 3.05) is 13.7 Å². The molecule has 0 aliphatic rings. The van der Waals surface area contributed by atoms with Crippen LogP contribution in [-0.2, 0) is 31.9 Å². The van der Waals surface area contributed by atoms with Gasteiger partial charge in [-0.2, -0.15) is 0 Å². The van der Waals surface area contributed by atoms with Gasteiger partial charge < -0.3 is 14.2 Å². The van der Waals surface area contributed by atoms with Crippen molar-refractivity contribution in [2.24, 2.45) is 5.92 Å². The number of aryl methyl sites for hydroxylation is 1. The lowest BCUT2D eigenvalue weighted by atomic mass is 9.98. The van der Waals surface area contributed by atoms with E-state index in [4.69, 9.17) is 14.2 Å². The van der Waals surface area contributed by atoms with Crippen LogP contribution in [0.2, 0.25) is 0 Å². The highest BCUT2D eigenvalue weighted by molar-refractivity contribution is 5.95. The van der Waals surface area contributed by atoms with E-state index in [1.807, 2.05) is 19.1 Å². The number of unbranched alkanes of at least 4 members (excludes halogenated alkanes) is 1. The maximum Gasteiger partial charge on any atom is 0.343 e. The van der Waals surface area contributed by atoms with Crippen molar-refractivity contribution in [2.45, 2.75) is 39.5 Å². The SMILES string of the molecule is CCCCOC(=O)C(Cc1ccc(C(=O)Oc2ccc(-c3ccc(CC)cc3)cc2)cc1)C(=O)OC. The number of carbonyl (C=O) groups is 3. The van der Waals surface area contributed by atoms with Crippen molar-refractivity contribution in [3.8, 4) is 16.9 Å². The average Bonchev–Trinajstić information content (AvgIpc) is 2.92. The summed E-state index contributed by atoms with van der Waals surface area (Å²) in [6, 6.07) is 22.3. The summed E-state index contributed by atoms with van der Waals surface area (Å²) in [5, 5.41) is 0. The highest BCUT2D eigenvalue weighted by Crippen LogP contribution is 2.24. The third-order valence-electron chi connectivity index (χ3n) is 5.90. The van der Waals surface area contributed by atoms with E-state index in [1.165, 1.54) is 12.7 Å². The largest absolute Gasteiger partial charge is 0.468 e. The van der Waals surface area contributed by atoms with Crippen molar-refractivity contribution in [1.82, 2.24) is 0 Å². The quantitative estimate of drug-likeness (QED) is 0.147. The normalized spacial score (nSPS) is 11.4. The number of hydrogen-bond donors (Lipinski definition) is 0. The number of esters is 3. The van der Waals surface area contributed by atoms with E-state index >= 15 is 0 Å². The van der Waals surface area contributed by atoms with Gasteiger partial charge in [-0.1, -0.05) is 68.8 Å². The molecule has 6 heteroatoms. The Bertz CT molecular complexity index is 1150. The summed E-state index contributed by atoms with van der Waals surface area (Å²) in [7, 11) is 1.24. The van der Waals surface area contributed by atoms with Crippen molar-refractivity contribution in [3.05, 3.63) is 89.5 Å². The van der Waals surface area contributed by atoms with Gasteiger partial charge in [0.2, 0.25) is 0 Å². The molecule has 0 heterocycles. The van der Waals surface area contributed by atoms with Crippen LogP contribution in [-0.4, -0.2) is 31.6 Å². The second-order valence-corrected chi connectivity index (χ2v) is 8.46. The molecule has 0 saturated heterocycles. The summed E-state index contributed by atoms with van der Waals surface area (Å²) in [5.74, 6) is -2.36. The van der Waals surface area contributed by atoms with Crippen LogP contribution in [0.15, 0.2) is 72.8 Å². The standard InChI is InChI=1S/C30H32O6/c1-4-6-19-35-30(33)27(29(32)34-3)20-22-9-13-25(14-10-22)28(31)36-26-17-15-24(16-18-26)23-11-7-21(5-2)8-12-23/h7-18,27H,4-6,19-20H2,1-3H3. The first-order chi connectivity index (χ1) is 17.4. The molecule has 36 heavy (non-hydrogen) atoms. The molecule has 3 aromatic rings. The first-order valence-corrected chi connectivity index (χ1v) is 12.2. The van der Waals surface area contributed by atoms with Gasteiger partial charge in [-0.15, -0.1) is 0 Å². The zero-order valence-corrected chi connectivity index (χ0v) is 21.0. The summed E-state index contributed by atoms with van der Waals surface area (Å²) < 4.78 is 15.5. The summed E-state index contributed by atoms with van der Waals surface area (Å²) in [6.07, 6.45) is 2.72. The maximum atomic E-state index is 12.6. The smallest absolute Gasteiger partial charge is 0.343 e. The fourth-order valence-electron chi connectivity index (χ4n) is 3.65. The fourth-order valence-corrected chi connectivity index (χ4v) is 3.65. The minimum Gasteiger partial charge on any atom is -0.468 e. The van der Waals surface area contributed by atoms with Gasteiger partial charge in [0.25, 0.3) is 0 Å². The van der Waals surface area contributed by atoms with Crippen LogP contribution in [0, 0.1) is 5.92 Å². The van der Waals surface area contributed by atoms with Crippen LogP contribution in [0.1, 0.15) is 48.2 Å². The lowest BCUT2D eigenvalue weighted by Crippen LogP contribution is -2.29. The molecule has 0 fully saturated rings. The average molecular weight is 489 g/mol. The van der Waals surface area contributed by atoms with Gasteiger partial charge in [-0.25, -0.2) is 4.79 Å². The predicted octanol–water partition coefficient (Wildman–Crippen LogP) is 5.81. The molecule has 0 saturated carbocycles. The van der Waals surface area contributed by atoms with Gasteiger partial charge in [0.05, 0.1) is 19.3 Å². The number of carbonyl (C=O) groups excluding carboxylic acids is 3. The maximum absolute atomic E-state index is 12.6. The first-order valence-electron chi connectivity index (χ1n) is 12.2. The highest BCUT2D eigenvalue weighted by Gasteiger charge is 2.29. The van der Waals surface area contributed by atoms with Gasteiger partial charge in [-0.3, -0.25) is 9.59 Å². The molecule has 0 N–H and O–H groups in total. The minimum absolute atomic E-state index is 0.119. The lowest BCUT2D eigenvalue weighted by Gasteiger charge is -2.14. The summed E-state index contributed by atoms with van der Waals surface area (Å²) >= 11 is 0. The summed E-state index contributed by atoms with van der Waals surface area (Å²) in [5.41, 5.74) is 4.48. The molecule has 1 unspecified atom stereocenters. The van der Waals surface area contributed by atoms with E-state index in [9.17, 15) is 14.4 Å². The van der Waals surface area contributed by atoms with Gasteiger partial charge in [0.15, 0.2) is 5.92 Å². The predicted molar refractivity (Wildman–Crippen MR) is 138 cm³/mol. The topological polar surface area (TPSA) is 78.9 Å². The van der Waals surface area contributed by atoms with E-state index in [-0.39, 0.29) is 13.0 Å². The minimum atomic E-state index is -1.05. The zero-order valence-electron chi connectivity index (χ0n) is 21.0. The molecular formula is C30H32O6. The van der Waals surface area contributed by atoms with Gasteiger partial charge in [-0.05, 0) is 65.8 Å². The van der Waals surface area contributed by atoms with Crippen molar-refractivity contribution in [1.29, 1.82) is 0 Å². The van der Waals surface area contributed by atoms with Gasteiger partial charge >= 0.3 is 17.9 Å². The molecule has 0 aliphatic heterocycles. The molecule has 0 amide bonds. The van der Waals surface area contributed by atoms with Crippen molar-refractivity contribution in [3.63, 3.8) is 0 Å². The van der Waals surface area contributed by atoms with Gasteiger partial charge in [0.1, 0.15) is 5.75 Å². The molecule has 0 aromatic heterocycles. The second kappa shape index (κ2) is 13.2. The first kappa shape index (κ1) is 26.7. The Balaban J connectivity index is 1.61. The zero-order chi connectivity index (χ0) is 25.9. The van der Waals surface area contributed by atoms with Crippen LogP contribution >= 0.6 is 0 Å².